The van der Waals surface area contributed by atoms with Crippen LogP contribution in [0.15, 0.2) is 62.8 Å². The average Bonchev–Trinajstić information content (AvgIpc) is 2.67. The maximum Gasteiger partial charge on any atom is 0.336 e. The zero-order chi connectivity index (χ0) is 20.5. The molecule has 0 saturated heterocycles. The number of benzene rings is 2. The Balaban J connectivity index is 1.61. The Bertz CT molecular complexity index is 1230. The molecular weight excluding hydrogens is 370 g/mol. The lowest BCUT2D eigenvalue weighted by Gasteiger charge is -2.23. The number of aryl methyl sites for hydroxylation is 2. The van der Waals surface area contributed by atoms with Gasteiger partial charge in [0.05, 0.1) is 5.69 Å². The van der Waals surface area contributed by atoms with Gasteiger partial charge in [-0.2, -0.15) is 5.10 Å². The summed E-state index contributed by atoms with van der Waals surface area (Å²) in [6.45, 7) is 3.75. The lowest BCUT2D eigenvalue weighted by Crippen LogP contribution is -2.36. The molecule has 1 aliphatic rings. The molecule has 146 valence electrons. The van der Waals surface area contributed by atoms with Crippen molar-refractivity contribution >= 4 is 39.9 Å². The number of carbonyl (C=O) groups excluding carboxylic acids is 2. The molecule has 0 bridgehead atoms. The second kappa shape index (κ2) is 7.35. The average molecular weight is 389 g/mol. The van der Waals surface area contributed by atoms with Gasteiger partial charge in [-0.1, -0.05) is 12.1 Å². The van der Waals surface area contributed by atoms with Crippen molar-refractivity contribution in [1.82, 2.24) is 0 Å². The van der Waals surface area contributed by atoms with E-state index in [9.17, 15) is 14.4 Å². The van der Waals surface area contributed by atoms with Crippen molar-refractivity contribution in [2.45, 2.75) is 26.7 Å². The Hall–Kier alpha value is -3.74. The molecule has 0 unspecified atom stereocenters. The molecule has 1 aliphatic heterocycles. The zero-order valence-electron chi connectivity index (χ0n) is 16.1. The highest BCUT2D eigenvalue weighted by atomic mass is 16.4. The van der Waals surface area contributed by atoms with Gasteiger partial charge in [0.2, 0.25) is 5.91 Å². The quantitative estimate of drug-likeness (QED) is 0.694. The van der Waals surface area contributed by atoms with E-state index in [0.29, 0.717) is 17.0 Å². The van der Waals surface area contributed by atoms with E-state index in [-0.39, 0.29) is 24.5 Å². The number of anilines is 2. The third kappa shape index (κ3) is 3.80. The van der Waals surface area contributed by atoms with Gasteiger partial charge in [-0.15, -0.1) is 0 Å². The molecule has 1 N–H and O–H groups in total. The van der Waals surface area contributed by atoms with Crippen molar-refractivity contribution in [2.24, 2.45) is 5.10 Å². The molecule has 0 atom stereocenters. The molecule has 2 heterocycles. The first-order valence-corrected chi connectivity index (χ1v) is 9.24. The Morgan fingerprint density at radius 2 is 1.90 bits per heavy atom. The largest absolute Gasteiger partial charge is 0.423 e. The standard InChI is InChI=1S/C22H19N3O4/c1-13-4-3-5-16(10-13)25-20(26)9-8-18(24-25)22(28)23-15-6-7-17-14(2)11-21(27)29-19(17)12-15/h3-7,10-12H,8-9H2,1-2H3,(H,23,28). The summed E-state index contributed by atoms with van der Waals surface area (Å²) in [4.78, 5) is 36.6. The van der Waals surface area contributed by atoms with Crippen LogP contribution < -0.4 is 16.0 Å². The van der Waals surface area contributed by atoms with Gasteiger partial charge in [0.15, 0.2) is 0 Å². The summed E-state index contributed by atoms with van der Waals surface area (Å²) in [7, 11) is 0. The van der Waals surface area contributed by atoms with Crippen LogP contribution in [-0.4, -0.2) is 17.5 Å². The SMILES string of the molecule is Cc1cccc(N2N=C(C(=O)Nc3ccc4c(C)cc(=O)oc4c3)CCC2=O)c1. The van der Waals surface area contributed by atoms with Crippen LogP contribution in [0.4, 0.5) is 11.4 Å². The van der Waals surface area contributed by atoms with E-state index in [1.54, 1.807) is 24.3 Å². The fraction of sp³-hybridized carbons (Fsp3) is 0.182. The van der Waals surface area contributed by atoms with Crippen molar-refractivity contribution < 1.29 is 14.0 Å². The zero-order valence-corrected chi connectivity index (χ0v) is 16.1. The first-order valence-electron chi connectivity index (χ1n) is 9.24. The van der Waals surface area contributed by atoms with Crippen LogP contribution in [0.3, 0.4) is 0 Å². The fourth-order valence-corrected chi connectivity index (χ4v) is 3.28. The Labute approximate surface area is 166 Å². The third-order valence-electron chi connectivity index (χ3n) is 4.75. The van der Waals surface area contributed by atoms with E-state index >= 15 is 0 Å². The van der Waals surface area contributed by atoms with Gasteiger partial charge in [-0.25, -0.2) is 9.80 Å². The first-order chi connectivity index (χ1) is 13.9. The van der Waals surface area contributed by atoms with Crippen LogP contribution in [0.5, 0.6) is 0 Å². The normalized spacial score (nSPS) is 14.1. The van der Waals surface area contributed by atoms with E-state index in [0.717, 1.165) is 16.5 Å². The molecule has 4 rings (SSSR count). The van der Waals surface area contributed by atoms with Gasteiger partial charge in [0.25, 0.3) is 5.91 Å². The van der Waals surface area contributed by atoms with E-state index in [1.807, 2.05) is 32.0 Å². The van der Waals surface area contributed by atoms with Crippen molar-refractivity contribution in [3.63, 3.8) is 0 Å². The molecule has 7 heteroatoms. The second-order valence-corrected chi connectivity index (χ2v) is 7.00. The van der Waals surface area contributed by atoms with Crippen LogP contribution in [0.25, 0.3) is 11.0 Å². The molecule has 2 amide bonds. The van der Waals surface area contributed by atoms with Crippen molar-refractivity contribution in [2.75, 3.05) is 10.3 Å². The minimum absolute atomic E-state index is 0.157. The Kier molecular flexibility index (Phi) is 4.72. The number of rotatable bonds is 3. The molecule has 1 aromatic heterocycles. The molecule has 0 aliphatic carbocycles. The van der Waals surface area contributed by atoms with Gasteiger partial charge in [-0.05, 0) is 49.2 Å². The Morgan fingerprint density at radius 1 is 1.07 bits per heavy atom. The third-order valence-corrected chi connectivity index (χ3v) is 4.75. The summed E-state index contributed by atoms with van der Waals surface area (Å²) in [6.07, 6.45) is 0.459. The number of fused-ring (bicyclic) bond motifs is 1. The van der Waals surface area contributed by atoms with Crippen LogP contribution >= 0.6 is 0 Å². The lowest BCUT2D eigenvalue weighted by atomic mass is 10.1. The number of nitrogens with one attached hydrogen (secondary N) is 1. The number of hydrogen-bond donors (Lipinski definition) is 1. The molecule has 7 nitrogen and oxygen atoms in total. The molecule has 3 aromatic rings. The highest BCUT2D eigenvalue weighted by molar-refractivity contribution is 6.44. The number of hydrogen-bond acceptors (Lipinski definition) is 5. The smallest absolute Gasteiger partial charge is 0.336 e. The van der Waals surface area contributed by atoms with Crippen LogP contribution in [0.2, 0.25) is 0 Å². The van der Waals surface area contributed by atoms with E-state index in [4.69, 9.17) is 4.42 Å². The van der Waals surface area contributed by atoms with Gasteiger partial charge in [0.1, 0.15) is 11.3 Å². The van der Waals surface area contributed by atoms with Crippen molar-refractivity contribution in [3.8, 4) is 0 Å². The maximum absolute atomic E-state index is 12.7. The molecule has 0 saturated carbocycles. The molecule has 2 aromatic carbocycles. The summed E-state index contributed by atoms with van der Waals surface area (Å²) in [5.74, 6) is -0.556. The monoisotopic (exact) mass is 389 g/mol. The summed E-state index contributed by atoms with van der Waals surface area (Å²) < 4.78 is 5.22. The van der Waals surface area contributed by atoms with Gasteiger partial charge < -0.3 is 9.73 Å². The van der Waals surface area contributed by atoms with Gasteiger partial charge in [0, 0.05) is 36.0 Å². The molecular formula is C22H19N3O4. The summed E-state index contributed by atoms with van der Waals surface area (Å²) in [5, 5.41) is 9.12. The molecule has 0 fully saturated rings. The van der Waals surface area contributed by atoms with E-state index < -0.39 is 11.5 Å². The van der Waals surface area contributed by atoms with Crippen molar-refractivity contribution in [1.29, 1.82) is 0 Å². The minimum Gasteiger partial charge on any atom is -0.423 e. The van der Waals surface area contributed by atoms with E-state index in [1.165, 1.54) is 11.1 Å². The number of nitrogens with zero attached hydrogens (tertiary/aromatic N) is 2. The summed E-state index contributed by atoms with van der Waals surface area (Å²) in [6, 6.07) is 13.9. The fourth-order valence-electron chi connectivity index (χ4n) is 3.28. The predicted octanol–water partition coefficient (Wildman–Crippen LogP) is 3.53. The number of amides is 2. The van der Waals surface area contributed by atoms with E-state index in [2.05, 4.69) is 10.4 Å². The van der Waals surface area contributed by atoms with Crippen LogP contribution in [0.1, 0.15) is 24.0 Å². The topological polar surface area (TPSA) is 92.0 Å². The van der Waals surface area contributed by atoms with Crippen molar-refractivity contribution in [3.05, 3.63) is 70.1 Å². The highest BCUT2D eigenvalue weighted by Gasteiger charge is 2.25. The minimum atomic E-state index is -0.442. The molecule has 29 heavy (non-hydrogen) atoms. The number of carbonyl (C=O) groups is 2. The highest BCUT2D eigenvalue weighted by Crippen LogP contribution is 2.23. The van der Waals surface area contributed by atoms with Gasteiger partial charge in [-0.3, -0.25) is 9.59 Å². The first kappa shape index (κ1) is 18.6. The number of hydrazone groups is 1. The maximum atomic E-state index is 12.7. The molecule has 0 spiro atoms. The second-order valence-electron chi connectivity index (χ2n) is 7.00. The predicted molar refractivity (Wildman–Crippen MR) is 111 cm³/mol. The molecule has 0 radical (unpaired) electrons. The Morgan fingerprint density at radius 3 is 2.69 bits per heavy atom. The van der Waals surface area contributed by atoms with Crippen LogP contribution in [-0.2, 0) is 9.59 Å². The van der Waals surface area contributed by atoms with Gasteiger partial charge >= 0.3 is 5.63 Å². The summed E-state index contributed by atoms with van der Waals surface area (Å²) in [5.41, 5.74) is 3.13. The lowest BCUT2D eigenvalue weighted by molar-refractivity contribution is -0.118. The van der Waals surface area contributed by atoms with Crippen LogP contribution in [0, 0.1) is 13.8 Å². The summed E-state index contributed by atoms with van der Waals surface area (Å²) >= 11 is 0.